The highest BCUT2D eigenvalue weighted by Gasteiger charge is 2.25. The number of urea groups is 1. The standard InChI is InChI=1S/C26H29N5O4S/c1-17-16-35-14-13-31(17)25-29-22(15-23(30-25)21-5-3-4-6-24(21)36(2,33)34)18-7-9-19(10-8-18)27-26(32)28-20-11-12-20/h3-10,15,17,20H,11-14,16H2,1-2H3,(H2,27,28,32)/t17-/m0/s1. The van der Waals surface area contributed by atoms with Crippen molar-refractivity contribution in [1.82, 2.24) is 15.3 Å². The fourth-order valence-corrected chi connectivity index (χ4v) is 5.08. The van der Waals surface area contributed by atoms with E-state index >= 15 is 0 Å². The predicted molar refractivity (Wildman–Crippen MR) is 139 cm³/mol. The molecule has 3 aromatic rings. The molecule has 10 heteroatoms. The first-order chi connectivity index (χ1) is 17.3. The molecule has 9 nitrogen and oxygen atoms in total. The van der Waals surface area contributed by atoms with Gasteiger partial charge < -0.3 is 20.3 Å². The van der Waals surface area contributed by atoms with Gasteiger partial charge in [0, 0.05) is 35.7 Å². The van der Waals surface area contributed by atoms with Crippen molar-refractivity contribution >= 4 is 27.5 Å². The summed E-state index contributed by atoms with van der Waals surface area (Å²) in [4.78, 5) is 24.0. The molecule has 1 aromatic heterocycles. The summed E-state index contributed by atoms with van der Waals surface area (Å²) in [6.45, 7) is 3.81. The molecule has 188 valence electrons. The van der Waals surface area contributed by atoms with Crippen LogP contribution >= 0.6 is 0 Å². The van der Waals surface area contributed by atoms with E-state index in [2.05, 4.69) is 15.5 Å². The number of sulfone groups is 1. The number of hydrogen-bond donors (Lipinski definition) is 2. The highest BCUT2D eigenvalue weighted by molar-refractivity contribution is 7.90. The molecule has 2 amide bonds. The van der Waals surface area contributed by atoms with Crippen LogP contribution in [0.25, 0.3) is 22.5 Å². The van der Waals surface area contributed by atoms with Gasteiger partial charge in [-0.15, -0.1) is 0 Å². The summed E-state index contributed by atoms with van der Waals surface area (Å²) < 4.78 is 30.6. The Morgan fingerprint density at radius 2 is 1.78 bits per heavy atom. The zero-order valence-corrected chi connectivity index (χ0v) is 21.1. The number of nitrogens with zero attached hydrogens (tertiary/aromatic N) is 3. The maximum Gasteiger partial charge on any atom is 0.319 e. The van der Waals surface area contributed by atoms with Crippen molar-refractivity contribution in [3.05, 3.63) is 54.6 Å². The lowest BCUT2D eigenvalue weighted by molar-refractivity contribution is 0.0981. The fourth-order valence-electron chi connectivity index (χ4n) is 4.18. The minimum absolute atomic E-state index is 0.0727. The van der Waals surface area contributed by atoms with E-state index in [1.54, 1.807) is 30.3 Å². The second-order valence-corrected chi connectivity index (χ2v) is 11.3. The molecule has 2 N–H and O–H groups in total. The molecule has 1 atom stereocenters. The zero-order chi connectivity index (χ0) is 25.3. The Morgan fingerprint density at radius 1 is 1.06 bits per heavy atom. The van der Waals surface area contributed by atoms with Crippen LogP contribution in [-0.4, -0.2) is 62.5 Å². The number of benzene rings is 2. The Labute approximate surface area is 210 Å². The Balaban J connectivity index is 1.53. The van der Waals surface area contributed by atoms with E-state index in [-0.39, 0.29) is 23.0 Å². The van der Waals surface area contributed by atoms with E-state index in [4.69, 9.17) is 14.7 Å². The lowest BCUT2D eigenvalue weighted by Gasteiger charge is -2.33. The van der Waals surface area contributed by atoms with Gasteiger partial charge in [0.05, 0.1) is 35.5 Å². The number of rotatable bonds is 6. The van der Waals surface area contributed by atoms with E-state index in [0.717, 1.165) is 18.4 Å². The monoisotopic (exact) mass is 507 g/mol. The second kappa shape index (κ2) is 9.87. The topological polar surface area (TPSA) is 114 Å². The van der Waals surface area contributed by atoms with Crippen LogP contribution in [0.5, 0.6) is 0 Å². The van der Waals surface area contributed by atoms with Crippen molar-refractivity contribution in [2.24, 2.45) is 0 Å². The van der Waals surface area contributed by atoms with Crippen LogP contribution in [0.15, 0.2) is 59.5 Å². The Morgan fingerprint density at radius 3 is 2.47 bits per heavy atom. The SMILES string of the molecule is C[C@H]1COCCN1c1nc(-c2ccc(NC(=O)NC3CC3)cc2)cc(-c2ccccc2S(C)(=O)=O)n1. The van der Waals surface area contributed by atoms with E-state index < -0.39 is 9.84 Å². The van der Waals surface area contributed by atoms with Crippen molar-refractivity contribution in [2.45, 2.75) is 36.7 Å². The molecule has 36 heavy (non-hydrogen) atoms. The van der Waals surface area contributed by atoms with E-state index in [1.165, 1.54) is 6.26 Å². The molecule has 2 heterocycles. The molecule has 2 aliphatic rings. The van der Waals surface area contributed by atoms with E-state index in [1.807, 2.05) is 31.2 Å². The smallest absolute Gasteiger partial charge is 0.319 e. The van der Waals surface area contributed by atoms with Gasteiger partial charge in [-0.3, -0.25) is 0 Å². The molecule has 0 radical (unpaired) electrons. The third-order valence-corrected chi connectivity index (χ3v) is 7.41. The zero-order valence-electron chi connectivity index (χ0n) is 20.3. The average Bonchev–Trinajstić information content (AvgIpc) is 3.68. The average molecular weight is 508 g/mol. The van der Waals surface area contributed by atoms with E-state index in [0.29, 0.717) is 48.3 Å². The summed E-state index contributed by atoms with van der Waals surface area (Å²) in [5, 5.41) is 5.75. The van der Waals surface area contributed by atoms with Crippen molar-refractivity contribution < 1.29 is 17.9 Å². The van der Waals surface area contributed by atoms with Crippen LogP contribution in [-0.2, 0) is 14.6 Å². The number of nitrogens with one attached hydrogen (secondary N) is 2. The van der Waals surface area contributed by atoms with Gasteiger partial charge in [0.25, 0.3) is 0 Å². The maximum absolute atomic E-state index is 12.5. The molecule has 0 spiro atoms. The molecule has 2 aromatic carbocycles. The lowest BCUT2D eigenvalue weighted by atomic mass is 10.1. The van der Waals surface area contributed by atoms with Crippen LogP contribution in [0.1, 0.15) is 19.8 Å². The van der Waals surface area contributed by atoms with Crippen molar-refractivity contribution in [1.29, 1.82) is 0 Å². The highest BCUT2D eigenvalue weighted by atomic mass is 32.2. The molecule has 0 bridgehead atoms. The largest absolute Gasteiger partial charge is 0.377 e. The number of carbonyl (C=O) groups is 1. The number of hydrogen-bond acceptors (Lipinski definition) is 7. The third kappa shape index (κ3) is 5.50. The number of anilines is 2. The number of aromatic nitrogens is 2. The van der Waals surface area contributed by atoms with Crippen LogP contribution in [0.4, 0.5) is 16.4 Å². The third-order valence-electron chi connectivity index (χ3n) is 6.25. The summed E-state index contributed by atoms with van der Waals surface area (Å²) in [6.07, 6.45) is 3.24. The summed E-state index contributed by atoms with van der Waals surface area (Å²) >= 11 is 0. The normalized spacial score (nSPS) is 18.1. The maximum atomic E-state index is 12.5. The highest BCUT2D eigenvalue weighted by Crippen LogP contribution is 2.32. The summed E-state index contributed by atoms with van der Waals surface area (Å²) in [5.41, 5.74) is 3.22. The summed E-state index contributed by atoms with van der Waals surface area (Å²) in [6, 6.07) is 16.2. The van der Waals surface area contributed by atoms with Gasteiger partial charge in [-0.2, -0.15) is 0 Å². The van der Waals surface area contributed by atoms with Gasteiger partial charge in [0.15, 0.2) is 9.84 Å². The van der Waals surface area contributed by atoms with Gasteiger partial charge in [-0.05, 0) is 44.0 Å². The Kier molecular flexibility index (Phi) is 6.63. The first-order valence-electron chi connectivity index (χ1n) is 12.0. The minimum Gasteiger partial charge on any atom is -0.377 e. The quantitative estimate of drug-likeness (QED) is 0.523. The summed E-state index contributed by atoms with van der Waals surface area (Å²) in [7, 11) is -3.47. The first-order valence-corrected chi connectivity index (χ1v) is 13.9. The molecule has 1 aliphatic heterocycles. The molecular weight excluding hydrogens is 478 g/mol. The van der Waals surface area contributed by atoms with Gasteiger partial charge in [0.1, 0.15) is 0 Å². The number of amides is 2. The van der Waals surface area contributed by atoms with Crippen LogP contribution in [0.2, 0.25) is 0 Å². The van der Waals surface area contributed by atoms with Crippen LogP contribution < -0.4 is 15.5 Å². The molecule has 1 saturated carbocycles. The molecular formula is C26H29N5O4S. The lowest BCUT2D eigenvalue weighted by Crippen LogP contribution is -2.44. The fraction of sp³-hybridized carbons (Fsp3) is 0.346. The molecule has 2 fully saturated rings. The Hall–Kier alpha value is -3.50. The number of ether oxygens (including phenoxy) is 1. The first kappa shape index (κ1) is 24.2. The van der Waals surface area contributed by atoms with E-state index in [9.17, 15) is 13.2 Å². The number of morpholine rings is 1. The van der Waals surface area contributed by atoms with Crippen LogP contribution in [0, 0.1) is 0 Å². The predicted octanol–water partition coefficient (Wildman–Crippen LogP) is 3.72. The molecule has 0 unspecified atom stereocenters. The van der Waals surface area contributed by atoms with Crippen molar-refractivity contribution in [2.75, 3.05) is 36.2 Å². The minimum atomic E-state index is -3.47. The van der Waals surface area contributed by atoms with Crippen molar-refractivity contribution in [3.63, 3.8) is 0 Å². The molecule has 1 aliphatic carbocycles. The van der Waals surface area contributed by atoms with Gasteiger partial charge in [-0.1, -0.05) is 30.3 Å². The van der Waals surface area contributed by atoms with Gasteiger partial charge in [-0.25, -0.2) is 23.2 Å². The molecule has 5 rings (SSSR count). The number of carbonyl (C=O) groups excluding carboxylic acids is 1. The van der Waals surface area contributed by atoms with Gasteiger partial charge >= 0.3 is 6.03 Å². The van der Waals surface area contributed by atoms with Gasteiger partial charge in [0.2, 0.25) is 5.95 Å². The molecule has 1 saturated heterocycles. The second-order valence-electron chi connectivity index (χ2n) is 9.27. The Bertz CT molecular complexity index is 1370. The summed E-state index contributed by atoms with van der Waals surface area (Å²) in [5.74, 6) is 0.521. The van der Waals surface area contributed by atoms with Crippen molar-refractivity contribution in [3.8, 4) is 22.5 Å². The van der Waals surface area contributed by atoms with Crippen LogP contribution in [0.3, 0.4) is 0 Å².